The summed E-state index contributed by atoms with van der Waals surface area (Å²) in [6, 6.07) is 14.3. The number of esters is 1. The van der Waals surface area contributed by atoms with Gasteiger partial charge in [0.1, 0.15) is 14.1 Å². The average Bonchev–Trinajstić information content (AvgIpc) is 2.70. The van der Waals surface area contributed by atoms with Gasteiger partial charge < -0.3 is 4.74 Å². The molecule has 28 heavy (non-hydrogen) atoms. The van der Waals surface area contributed by atoms with Gasteiger partial charge in [0.05, 0.1) is 12.7 Å². The second-order valence-corrected chi connectivity index (χ2v) is 7.49. The molecule has 0 unspecified atom stereocenters. The van der Waals surface area contributed by atoms with E-state index in [0.717, 1.165) is 17.6 Å². The molecule has 0 heterocycles. The normalized spacial score (nSPS) is 15.0. The second kappa shape index (κ2) is 7.08. The predicted molar refractivity (Wildman–Crippen MR) is 113 cm³/mol. The summed E-state index contributed by atoms with van der Waals surface area (Å²) in [5.41, 5.74) is 9.96. The highest BCUT2D eigenvalue weighted by molar-refractivity contribution is 6.07. The van der Waals surface area contributed by atoms with Gasteiger partial charge in [0.25, 0.3) is 0 Å². The third-order valence-electron chi connectivity index (χ3n) is 5.39. The van der Waals surface area contributed by atoms with Crippen molar-refractivity contribution in [2.45, 2.75) is 13.3 Å². The molecule has 3 nitrogen and oxygen atoms in total. The zero-order valence-corrected chi connectivity index (χ0v) is 16.7. The fourth-order valence-corrected chi connectivity index (χ4v) is 3.99. The number of ether oxygens (including phenoxy) is 1. The molecule has 2 aromatic rings. The first-order valence-corrected chi connectivity index (χ1v) is 9.45. The smallest absolute Gasteiger partial charge is 0.338 e. The zero-order valence-electron chi connectivity index (χ0n) is 16.7. The van der Waals surface area contributed by atoms with E-state index in [2.05, 4.69) is 62.0 Å². The molecule has 0 saturated heterocycles. The number of allylic oxidation sites excluding steroid dienone is 5. The summed E-state index contributed by atoms with van der Waals surface area (Å²) in [5, 5.41) is 0. The van der Waals surface area contributed by atoms with Gasteiger partial charge >= 0.3 is 5.97 Å². The van der Waals surface area contributed by atoms with Gasteiger partial charge in [-0.25, -0.2) is 9.37 Å². The van der Waals surface area contributed by atoms with Crippen molar-refractivity contribution in [3.8, 4) is 0 Å². The highest BCUT2D eigenvalue weighted by atomic mass is 16.5. The Morgan fingerprint density at radius 3 is 2.57 bits per heavy atom. The maximum Gasteiger partial charge on any atom is 0.338 e. The molecule has 0 atom stereocenters. The van der Waals surface area contributed by atoms with Crippen LogP contribution in [0.3, 0.4) is 0 Å². The fraction of sp³-hybridized carbons (Fsp3) is 0.200. The quantitative estimate of drug-likeness (QED) is 0.581. The van der Waals surface area contributed by atoms with Gasteiger partial charge in [-0.3, -0.25) is 0 Å². The molecule has 2 aromatic carbocycles. The van der Waals surface area contributed by atoms with Gasteiger partial charge in [0, 0.05) is 12.2 Å². The molecule has 0 radical (unpaired) electrons. The Balaban J connectivity index is 2.04. The summed E-state index contributed by atoms with van der Waals surface area (Å²) < 4.78 is 7.17. The molecule has 4 rings (SSSR count). The summed E-state index contributed by atoms with van der Waals surface area (Å²) in [5.74, 6) is -0.311. The minimum atomic E-state index is -0.311. The Labute approximate surface area is 166 Å². The average molecular weight is 370 g/mol. The van der Waals surface area contributed by atoms with E-state index < -0.39 is 0 Å². The molecule has 0 saturated carbocycles. The Kier molecular flexibility index (Phi) is 4.60. The minimum absolute atomic E-state index is 0.311. The van der Waals surface area contributed by atoms with Crippen LogP contribution < -0.4 is 0 Å². The number of fused-ring (bicyclic) bond motifs is 2. The van der Waals surface area contributed by atoms with Gasteiger partial charge in [-0.15, -0.1) is 0 Å². The first-order chi connectivity index (χ1) is 13.5. The molecule has 0 aliphatic heterocycles. The van der Waals surface area contributed by atoms with Crippen LogP contribution in [0.5, 0.6) is 0 Å². The number of benzene rings is 2. The highest BCUT2D eigenvalue weighted by Gasteiger charge is 2.28. The third kappa shape index (κ3) is 3.03. The number of aryl methyl sites for hydroxylation is 1. The van der Waals surface area contributed by atoms with E-state index in [1.54, 1.807) is 0 Å². The molecule has 0 bridgehead atoms. The predicted octanol–water partition coefficient (Wildman–Crippen LogP) is 4.35. The van der Waals surface area contributed by atoms with Crippen molar-refractivity contribution < 1.29 is 14.1 Å². The molecule has 2 aliphatic carbocycles. The number of nitrogens with zero attached hydrogens (tertiary/aromatic N) is 1. The monoisotopic (exact) mass is 370 g/mol. The molecular formula is C25H24NO2+. The van der Waals surface area contributed by atoms with Crippen LogP contribution in [0, 0.1) is 6.92 Å². The van der Waals surface area contributed by atoms with Crippen molar-refractivity contribution >= 4 is 17.3 Å². The molecule has 3 heteroatoms. The molecule has 0 amide bonds. The molecule has 0 N–H and O–H groups in total. The Morgan fingerprint density at radius 1 is 1.04 bits per heavy atom. The van der Waals surface area contributed by atoms with Crippen molar-refractivity contribution in [3.05, 3.63) is 99.7 Å². The molecule has 0 spiro atoms. The molecular weight excluding hydrogens is 346 g/mol. The number of carbonyl (C=O) groups is 1. The fourth-order valence-electron chi connectivity index (χ4n) is 3.99. The highest BCUT2D eigenvalue weighted by Crippen LogP contribution is 2.41. The molecule has 0 aromatic heterocycles. The summed E-state index contributed by atoms with van der Waals surface area (Å²) in [6.45, 7) is 2.12. The van der Waals surface area contributed by atoms with Gasteiger partial charge in [-0.2, -0.15) is 0 Å². The molecule has 0 fully saturated rings. The third-order valence-corrected chi connectivity index (χ3v) is 5.39. The Morgan fingerprint density at radius 2 is 1.82 bits per heavy atom. The van der Waals surface area contributed by atoms with Crippen LogP contribution in [0.15, 0.2) is 71.8 Å². The van der Waals surface area contributed by atoms with E-state index in [0.29, 0.717) is 5.56 Å². The maximum absolute atomic E-state index is 12.5. The molecule has 2 aliphatic rings. The topological polar surface area (TPSA) is 29.3 Å². The van der Waals surface area contributed by atoms with E-state index in [4.69, 9.17) is 4.74 Å². The SMILES string of the molecule is COC(=O)c1ccccc1C1=C2C=CC(=[N+](C)C)C=C2Cc2cc(C)ccc21. The van der Waals surface area contributed by atoms with Crippen molar-refractivity contribution in [2.75, 3.05) is 21.2 Å². The lowest BCUT2D eigenvalue weighted by molar-refractivity contribution is -0.462. The Hall–Kier alpha value is -3.20. The zero-order chi connectivity index (χ0) is 19.8. The van der Waals surface area contributed by atoms with Crippen molar-refractivity contribution in [1.29, 1.82) is 0 Å². The van der Waals surface area contributed by atoms with E-state index >= 15 is 0 Å². The number of hydrogen-bond acceptors (Lipinski definition) is 2. The van der Waals surface area contributed by atoms with E-state index in [9.17, 15) is 4.79 Å². The van der Waals surface area contributed by atoms with Crippen LogP contribution in [0.25, 0.3) is 5.57 Å². The van der Waals surface area contributed by atoms with Crippen LogP contribution >= 0.6 is 0 Å². The first-order valence-electron chi connectivity index (χ1n) is 9.45. The van der Waals surface area contributed by atoms with Crippen molar-refractivity contribution in [1.82, 2.24) is 0 Å². The largest absolute Gasteiger partial charge is 0.465 e. The Bertz CT molecular complexity index is 1110. The maximum atomic E-state index is 12.5. The van der Waals surface area contributed by atoms with Crippen LogP contribution in [0.1, 0.15) is 32.6 Å². The lowest BCUT2D eigenvalue weighted by atomic mass is 9.76. The van der Waals surface area contributed by atoms with Crippen molar-refractivity contribution in [3.63, 3.8) is 0 Å². The van der Waals surface area contributed by atoms with Crippen LogP contribution in [0.4, 0.5) is 0 Å². The van der Waals surface area contributed by atoms with Crippen molar-refractivity contribution in [2.24, 2.45) is 0 Å². The van der Waals surface area contributed by atoms with Crippen LogP contribution in [0.2, 0.25) is 0 Å². The minimum Gasteiger partial charge on any atom is -0.465 e. The van der Waals surface area contributed by atoms with E-state index in [1.807, 2.05) is 24.3 Å². The first kappa shape index (κ1) is 18.2. The standard InChI is InChI=1S/C25H24NO2/c1-16-9-11-20-17(13-16)14-18-15-19(26(2)3)10-12-21(18)24(20)22-7-5-6-8-23(22)25(27)28-4/h5-13,15H,14H2,1-4H3/q+1. The summed E-state index contributed by atoms with van der Waals surface area (Å²) in [4.78, 5) is 12.5. The van der Waals surface area contributed by atoms with Gasteiger partial charge in [0.15, 0.2) is 5.71 Å². The van der Waals surface area contributed by atoms with E-state index in [-0.39, 0.29) is 5.97 Å². The summed E-state index contributed by atoms with van der Waals surface area (Å²) >= 11 is 0. The number of rotatable bonds is 2. The summed E-state index contributed by atoms with van der Waals surface area (Å²) in [7, 11) is 5.54. The van der Waals surface area contributed by atoms with Gasteiger partial charge in [-0.1, -0.05) is 42.0 Å². The lowest BCUT2D eigenvalue weighted by Crippen LogP contribution is -2.17. The lowest BCUT2D eigenvalue weighted by Gasteiger charge is -2.27. The van der Waals surface area contributed by atoms with Gasteiger partial charge in [0.2, 0.25) is 0 Å². The second-order valence-electron chi connectivity index (χ2n) is 7.49. The van der Waals surface area contributed by atoms with Crippen LogP contribution in [-0.2, 0) is 11.2 Å². The number of hydrogen-bond donors (Lipinski definition) is 0. The van der Waals surface area contributed by atoms with Gasteiger partial charge in [-0.05, 0) is 58.9 Å². The van der Waals surface area contributed by atoms with E-state index in [1.165, 1.54) is 40.7 Å². The van der Waals surface area contributed by atoms with Crippen LogP contribution in [-0.4, -0.2) is 37.5 Å². The number of methoxy groups -OCH3 is 1. The number of carbonyl (C=O) groups excluding carboxylic acids is 1. The molecule has 140 valence electrons. The summed E-state index contributed by atoms with van der Waals surface area (Å²) in [6.07, 6.45) is 7.45.